The van der Waals surface area contributed by atoms with E-state index in [4.69, 9.17) is 0 Å². The van der Waals surface area contributed by atoms with Crippen LogP contribution in [0.3, 0.4) is 0 Å². The van der Waals surface area contributed by atoms with Gasteiger partial charge in [-0.2, -0.15) is 0 Å². The van der Waals surface area contributed by atoms with E-state index in [0.29, 0.717) is 0 Å². The van der Waals surface area contributed by atoms with Crippen LogP contribution in [0.25, 0.3) is 0 Å². The summed E-state index contributed by atoms with van der Waals surface area (Å²) in [6, 6.07) is 0. The van der Waals surface area contributed by atoms with Crippen molar-refractivity contribution in [3.8, 4) is 0 Å². The molecule has 4 nitrogen and oxygen atoms in total. The predicted octanol–water partition coefficient (Wildman–Crippen LogP) is 0.507. The van der Waals surface area contributed by atoms with Crippen molar-refractivity contribution < 1.29 is 32.0 Å². The van der Waals surface area contributed by atoms with E-state index in [1.54, 1.807) is 0 Å². The Balaban J connectivity index is 0. The first-order valence-corrected chi connectivity index (χ1v) is 0. The van der Waals surface area contributed by atoms with Gasteiger partial charge in [0.15, 0.2) is 0 Å². The minimum atomic E-state index is 0. The quantitative estimate of drug-likeness (QED) is 0.645. The molecule has 0 radical (unpaired) electrons. The van der Waals surface area contributed by atoms with Crippen molar-refractivity contribution in [3.63, 3.8) is 0 Å². The van der Waals surface area contributed by atoms with E-state index in [0.717, 1.165) is 0 Å². The Kier molecular flexibility index (Phi) is 7570. The molecule has 0 aliphatic heterocycles. The second kappa shape index (κ2) is 186. The minimum absolute atomic E-state index is 0. The zero-order chi connectivity index (χ0) is 0. The molecule has 8 N–H and O–H groups in total. The molecule has 0 rings (SSSR count). The van der Waals surface area contributed by atoms with Crippen LogP contribution in [0, 0.1) is 0 Å². The van der Waals surface area contributed by atoms with Gasteiger partial charge in [-0.15, -0.1) is 0 Å². The van der Waals surface area contributed by atoms with E-state index in [2.05, 4.69) is 0 Å². The van der Waals surface area contributed by atoms with Gasteiger partial charge in [0.25, 0.3) is 0 Å². The molecular formula is H8N2O2S2W-6. The summed E-state index contributed by atoms with van der Waals surface area (Å²) in [5.74, 6) is 0. The van der Waals surface area contributed by atoms with Crippen molar-refractivity contribution in [3.05, 3.63) is 0 Å². The molecule has 0 saturated carbocycles. The fourth-order valence-corrected chi connectivity index (χ4v) is 0. The van der Waals surface area contributed by atoms with Crippen LogP contribution in [0.5, 0.6) is 0 Å². The van der Waals surface area contributed by atoms with Crippen LogP contribution < -0.4 is 12.3 Å². The third-order valence-corrected chi connectivity index (χ3v) is 0. The monoisotopic (exact) mass is 316 g/mol. The van der Waals surface area contributed by atoms with Crippen molar-refractivity contribution in [1.82, 2.24) is 12.3 Å². The van der Waals surface area contributed by atoms with Gasteiger partial charge in [-0.1, -0.05) is 0 Å². The summed E-state index contributed by atoms with van der Waals surface area (Å²) in [4.78, 5) is 0. The first-order valence-electron chi connectivity index (χ1n) is 0. The molecule has 54 valence electrons. The van der Waals surface area contributed by atoms with Crippen LogP contribution in [-0.2, 0) is 59.0 Å². The third-order valence-electron chi connectivity index (χ3n) is 0. The van der Waals surface area contributed by atoms with E-state index < -0.39 is 0 Å². The van der Waals surface area contributed by atoms with Crippen LogP contribution >= 0.6 is 0 Å². The predicted molar refractivity (Wildman–Crippen MR) is 28.1 cm³/mol. The fraction of sp³-hybridized carbons (Fsp3) is 0. The number of hydrogen-bond acceptors (Lipinski definition) is 0. The zero-order valence-electron chi connectivity index (χ0n) is 4.04. The summed E-state index contributed by atoms with van der Waals surface area (Å²) in [7, 11) is 0. The Hall–Kier alpha value is 1.23. The standard InChI is InChI=1S/2H3N.2O.2S.W/h2*1H3;;;;;/q;;4*-2;/p+2. The van der Waals surface area contributed by atoms with Crippen LogP contribution in [0.4, 0.5) is 0 Å². The summed E-state index contributed by atoms with van der Waals surface area (Å²) < 4.78 is 0. The molecule has 0 aliphatic rings. The molecule has 7 heteroatoms. The summed E-state index contributed by atoms with van der Waals surface area (Å²) in [6.07, 6.45) is 0. The Morgan fingerprint density at radius 1 is 0.571 bits per heavy atom. The van der Waals surface area contributed by atoms with Gasteiger partial charge >= 0.3 is 0 Å². The molecular weight excluding hydrogens is 308 g/mol. The van der Waals surface area contributed by atoms with E-state index >= 15 is 0 Å². The SMILES string of the molecule is [NH4+].[NH4+].[O-2].[O-2].[S-2].[S-2].[W]. The Bertz CT molecular complexity index is 13.7. The smallest absolute Gasteiger partial charge is 0 e. The molecule has 0 heterocycles. The first-order chi connectivity index (χ1) is 0. The van der Waals surface area contributed by atoms with Gasteiger partial charge in [0.2, 0.25) is 0 Å². The molecule has 7 heavy (non-hydrogen) atoms. The Morgan fingerprint density at radius 3 is 0.571 bits per heavy atom. The fourth-order valence-electron chi connectivity index (χ4n) is 0. The van der Waals surface area contributed by atoms with Crippen LogP contribution in [0.1, 0.15) is 0 Å². The molecule has 0 fully saturated rings. The van der Waals surface area contributed by atoms with Gasteiger partial charge < -0.3 is 50.2 Å². The van der Waals surface area contributed by atoms with Crippen molar-refractivity contribution in [1.29, 1.82) is 0 Å². The molecule has 0 spiro atoms. The summed E-state index contributed by atoms with van der Waals surface area (Å²) in [5.41, 5.74) is 0. The summed E-state index contributed by atoms with van der Waals surface area (Å²) in [5, 5.41) is 0. The largest absolute Gasteiger partial charge is 2.00 e. The minimum Gasteiger partial charge on any atom is -2.00 e. The van der Waals surface area contributed by atoms with Crippen molar-refractivity contribution in [2.24, 2.45) is 0 Å². The molecule has 0 aliphatic carbocycles. The van der Waals surface area contributed by atoms with Crippen molar-refractivity contribution in [2.45, 2.75) is 0 Å². The number of quaternary nitrogens is 2. The van der Waals surface area contributed by atoms with Gasteiger partial charge in [-0.05, 0) is 0 Å². The maximum absolute atomic E-state index is 0. The molecule has 0 aromatic rings. The maximum atomic E-state index is 0. The van der Waals surface area contributed by atoms with E-state index in [1.165, 1.54) is 0 Å². The Morgan fingerprint density at radius 2 is 0.571 bits per heavy atom. The van der Waals surface area contributed by atoms with E-state index in [-0.39, 0.29) is 71.3 Å². The van der Waals surface area contributed by atoms with Crippen LogP contribution in [-0.4, -0.2) is 0 Å². The average Bonchev–Trinajstić information content (AvgIpc) is 0. The van der Waals surface area contributed by atoms with Crippen LogP contribution in [0.15, 0.2) is 0 Å². The van der Waals surface area contributed by atoms with E-state index in [1.807, 2.05) is 0 Å². The van der Waals surface area contributed by atoms with Gasteiger partial charge in [-0.25, -0.2) is 0 Å². The second-order valence-electron chi connectivity index (χ2n) is 0. The number of hydrogen-bond donors (Lipinski definition) is 2. The van der Waals surface area contributed by atoms with Crippen molar-refractivity contribution >= 4 is 27.0 Å². The van der Waals surface area contributed by atoms with Gasteiger partial charge in [0.1, 0.15) is 0 Å². The van der Waals surface area contributed by atoms with Crippen molar-refractivity contribution in [2.75, 3.05) is 0 Å². The molecule has 0 bridgehead atoms. The number of rotatable bonds is 0. The topological polar surface area (TPSA) is 130 Å². The molecule has 0 aromatic heterocycles. The molecule has 0 saturated heterocycles. The maximum Gasteiger partial charge on any atom is 0 e. The normalized spacial score (nSPS) is 0. The van der Waals surface area contributed by atoms with Crippen LogP contribution in [0.2, 0.25) is 0 Å². The van der Waals surface area contributed by atoms with E-state index in [9.17, 15) is 0 Å². The second-order valence-corrected chi connectivity index (χ2v) is 0. The van der Waals surface area contributed by atoms with Gasteiger partial charge in [0.05, 0.1) is 0 Å². The summed E-state index contributed by atoms with van der Waals surface area (Å²) >= 11 is 0. The van der Waals surface area contributed by atoms with Gasteiger partial charge in [0, 0.05) is 21.1 Å². The average molecular weight is 316 g/mol. The zero-order valence-corrected chi connectivity index (χ0v) is 8.61. The molecule has 0 atom stereocenters. The first kappa shape index (κ1) is 285. The Labute approximate surface area is 71.4 Å². The summed E-state index contributed by atoms with van der Waals surface area (Å²) in [6.45, 7) is 0. The molecule has 0 aromatic carbocycles. The third kappa shape index (κ3) is 131. The molecule has 0 amide bonds. The molecule has 0 unspecified atom stereocenters. The van der Waals surface area contributed by atoms with Gasteiger partial charge in [-0.3, -0.25) is 0 Å².